The largest absolute Gasteiger partial charge is 0.449 e. The van der Waals surface area contributed by atoms with E-state index < -0.39 is 34.4 Å². The monoisotopic (exact) mass is 474 g/mol. The Morgan fingerprint density at radius 1 is 1.33 bits per heavy atom. The van der Waals surface area contributed by atoms with E-state index in [1.54, 1.807) is 13.0 Å². The van der Waals surface area contributed by atoms with Crippen molar-refractivity contribution in [3.05, 3.63) is 75.0 Å². The predicted molar refractivity (Wildman–Crippen MR) is 116 cm³/mol. The lowest BCUT2D eigenvalue weighted by atomic mass is 10.2. The third-order valence-electron chi connectivity index (χ3n) is 4.59. The lowest BCUT2D eigenvalue weighted by Crippen LogP contribution is -2.30. The Morgan fingerprint density at radius 2 is 2.09 bits per heavy atom. The van der Waals surface area contributed by atoms with Gasteiger partial charge < -0.3 is 14.6 Å². The Kier molecular flexibility index (Phi) is 7.38. The van der Waals surface area contributed by atoms with Gasteiger partial charge in [0, 0.05) is 29.3 Å². The summed E-state index contributed by atoms with van der Waals surface area (Å²) < 4.78 is 23.9. The van der Waals surface area contributed by atoms with E-state index in [4.69, 9.17) is 9.26 Å². The number of amides is 1. The van der Waals surface area contributed by atoms with Crippen LogP contribution in [0.1, 0.15) is 34.3 Å². The molecule has 0 saturated heterocycles. The number of ether oxygens (including phenoxy) is 1. The molecule has 0 spiro atoms. The average molecular weight is 474 g/mol. The minimum absolute atomic E-state index is 0.00641. The first-order chi connectivity index (χ1) is 15.7. The number of rotatable bonds is 8. The van der Waals surface area contributed by atoms with Gasteiger partial charge in [0.2, 0.25) is 5.82 Å². The Bertz CT molecular complexity index is 1200. The van der Waals surface area contributed by atoms with Gasteiger partial charge >= 0.3 is 11.7 Å². The van der Waals surface area contributed by atoms with Gasteiger partial charge in [-0.05, 0) is 45.0 Å². The van der Waals surface area contributed by atoms with Crippen LogP contribution in [0.2, 0.25) is 0 Å². The molecule has 0 radical (unpaired) electrons. The van der Waals surface area contributed by atoms with Crippen molar-refractivity contribution < 1.29 is 28.2 Å². The number of aryl methyl sites for hydroxylation is 2. The van der Waals surface area contributed by atoms with Gasteiger partial charge in [-0.15, -0.1) is 11.8 Å². The van der Waals surface area contributed by atoms with Crippen LogP contribution in [-0.2, 0) is 15.3 Å². The van der Waals surface area contributed by atoms with Gasteiger partial charge in [-0.1, -0.05) is 5.16 Å². The number of pyridine rings is 1. The van der Waals surface area contributed by atoms with E-state index >= 15 is 0 Å². The second kappa shape index (κ2) is 10.2. The quantitative estimate of drug-likeness (QED) is 0.220. The number of benzene rings is 1. The second-order valence-electron chi connectivity index (χ2n) is 6.91. The van der Waals surface area contributed by atoms with Crippen LogP contribution in [-0.4, -0.2) is 33.0 Å². The highest BCUT2D eigenvalue weighted by Crippen LogP contribution is 2.28. The van der Waals surface area contributed by atoms with Gasteiger partial charge in [0.25, 0.3) is 5.91 Å². The molecule has 1 unspecified atom stereocenters. The zero-order valence-electron chi connectivity index (χ0n) is 17.8. The van der Waals surface area contributed by atoms with Crippen LogP contribution in [0.3, 0.4) is 0 Å². The summed E-state index contributed by atoms with van der Waals surface area (Å²) in [6, 6.07) is 6.01. The maximum Gasteiger partial charge on any atom is 0.341 e. The molecule has 0 aliphatic carbocycles. The van der Waals surface area contributed by atoms with Crippen LogP contribution in [0.25, 0.3) is 0 Å². The number of thioether (sulfide) groups is 1. The number of carbonyl (C=O) groups is 2. The maximum absolute atomic E-state index is 13.5. The average Bonchev–Trinajstić information content (AvgIpc) is 3.10. The van der Waals surface area contributed by atoms with E-state index in [0.29, 0.717) is 16.5 Å². The van der Waals surface area contributed by atoms with E-state index in [1.165, 1.54) is 37.0 Å². The van der Waals surface area contributed by atoms with Gasteiger partial charge in [0.15, 0.2) is 6.10 Å². The van der Waals surface area contributed by atoms with Gasteiger partial charge in [0.1, 0.15) is 10.8 Å². The van der Waals surface area contributed by atoms with Crippen molar-refractivity contribution in [2.24, 2.45) is 0 Å². The van der Waals surface area contributed by atoms with Gasteiger partial charge in [-0.3, -0.25) is 14.9 Å². The normalized spacial score (nSPS) is 11.6. The number of esters is 1. The van der Waals surface area contributed by atoms with Crippen molar-refractivity contribution in [2.75, 3.05) is 5.32 Å². The first kappa shape index (κ1) is 23.9. The molecule has 0 bridgehead atoms. The molecular weight excluding hydrogens is 455 g/mol. The molecule has 0 aliphatic heterocycles. The van der Waals surface area contributed by atoms with E-state index in [-0.39, 0.29) is 11.3 Å². The fourth-order valence-corrected chi connectivity index (χ4v) is 3.90. The molecule has 0 fully saturated rings. The molecule has 1 atom stereocenters. The van der Waals surface area contributed by atoms with Crippen molar-refractivity contribution in [3.8, 4) is 0 Å². The Morgan fingerprint density at radius 3 is 2.76 bits per heavy atom. The molecule has 1 amide bonds. The van der Waals surface area contributed by atoms with Crippen molar-refractivity contribution in [1.29, 1.82) is 0 Å². The summed E-state index contributed by atoms with van der Waals surface area (Å²) in [5.74, 6) is -1.39. The lowest BCUT2D eigenvalue weighted by Gasteiger charge is -2.14. The van der Waals surface area contributed by atoms with Crippen LogP contribution >= 0.6 is 11.8 Å². The molecule has 2 heterocycles. The number of hydrogen-bond acceptors (Lipinski definition) is 9. The predicted octanol–water partition coefficient (Wildman–Crippen LogP) is 4.21. The van der Waals surface area contributed by atoms with Crippen LogP contribution in [0.4, 0.5) is 15.8 Å². The summed E-state index contributed by atoms with van der Waals surface area (Å²) in [5.41, 5.74) is 1.02. The van der Waals surface area contributed by atoms with Crippen LogP contribution in [0.15, 0.2) is 46.1 Å². The molecule has 172 valence electrons. The number of anilines is 1. The zero-order valence-corrected chi connectivity index (χ0v) is 18.6. The number of nitrogens with one attached hydrogen (secondary N) is 1. The summed E-state index contributed by atoms with van der Waals surface area (Å²) in [4.78, 5) is 39.3. The molecule has 1 N–H and O–H groups in total. The SMILES string of the molecule is Cc1noc(C)c1CSc1ncccc1C(=O)OC(C)C(=O)Nc1ccc(F)c([N+](=O)[O-])c1. The molecule has 0 aliphatic rings. The van der Waals surface area contributed by atoms with Crippen LogP contribution in [0.5, 0.6) is 0 Å². The van der Waals surface area contributed by atoms with E-state index in [1.807, 2.05) is 6.92 Å². The summed E-state index contributed by atoms with van der Waals surface area (Å²) in [7, 11) is 0. The Hall–Kier alpha value is -3.80. The molecule has 12 heteroatoms. The molecule has 3 aromatic rings. The smallest absolute Gasteiger partial charge is 0.341 e. The summed E-state index contributed by atoms with van der Waals surface area (Å²) in [6.45, 7) is 4.95. The number of carbonyl (C=O) groups excluding carboxylic acids is 2. The highest BCUT2D eigenvalue weighted by molar-refractivity contribution is 7.98. The highest BCUT2D eigenvalue weighted by atomic mass is 32.2. The van der Waals surface area contributed by atoms with E-state index in [2.05, 4.69) is 15.5 Å². The lowest BCUT2D eigenvalue weighted by molar-refractivity contribution is -0.387. The van der Waals surface area contributed by atoms with Crippen LogP contribution < -0.4 is 5.32 Å². The number of nitro groups is 1. The number of nitrogens with zero attached hydrogens (tertiary/aromatic N) is 3. The summed E-state index contributed by atoms with van der Waals surface area (Å²) in [5, 5.41) is 17.5. The number of nitro benzene ring substituents is 1. The van der Waals surface area contributed by atoms with Crippen molar-refractivity contribution in [3.63, 3.8) is 0 Å². The first-order valence-corrected chi connectivity index (χ1v) is 10.6. The minimum atomic E-state index is -1.23. The number of hydrogen-bond donors (Lipinski definition) is 1. The molecule has 1 aromatic carbocycles. The molecule has 3 rings (SSSR count). The first-order valence-electron chi connectivity index (χ1n) is 9.62. The Labute approximate surface area is 191 Å². The number of halogens is 1. The highest BCUT2D eigenvalue weighted by Gasteiger charge is 2.23. The maximum atomic E-state index is 13.5. The third kappa shape index (κ3) is 5.71. The molecule has 10 nitrogen and oxygen atoms in total. The fraction of sp³-hybridized carbons (Fsp3) is 0.238. The third-order valence-corrected chi connectivity index (χ3v) is 5.62. The zero-order chi connectivity index (χ0) is 24.1. The molecular formula is C21H19FN4O6S. The molecule has 33 heavy (non-hydrogen) atoms. The molecule has 2 aromatic heterocycles. The topological polar surface area (TPSA) is 137 Å². The number of aromatic nitrogens is 2. The second-order valence-corrected chi connectivity index (χ2v) is 7.87. The van der Waals surface area contributed by atoms with Gasteiger partial charge in [0.05, 0.1) is 16.2 Å². The fourth-order valence-electron chi connectivity index (χ4n) is 2.76. The standard InChI is InChI=1S/C21H19FN4O6S/c1-11-16(12(2)32-25-11)10-33-20-15(5-4-8-23-20)21(28)31-13(3)19(27)24-14-6-7-17(22)18(9-14)26(29)30/h4-9,13H,10H2,1-3H3,(H,24,27). The molecule has 0 saturated carbocycles. The van der Waals surface area contributed by atoms with Crippen LogP contribution in [0, 0.1) is 29.8 Å². The van der Waals surface area contributed by atoms with Gasteiger partial charge in [-0.2, -0.15) is 4.39 Å². The van der Waals surface area contributed by atoms with Crippen molar-refractivity contribution in [1.82, 2.24) is 10.1 Å². The van der Waals surface area contributed by atoms with Gasteiger partial charge in [-0.25, -0.2) is 9.78 Å². The summed E-state index contributed by atoms with van der Waals surface area (Å²) in [6.07, 6.45) is 0.298. The summed E-state index contributed by atoms with van der Waals surface area (Å²) >= 11 is 1.29. The van der Waals surface area contributed by atoms with Crippen molar-refractivity contribution in [2.45, 2.75) is 37.7 Å². The van der Waals surface area contributed by atoms with E-state index in [9.17, 15) is 24.1 Å². The minimum Gasteiger partial charge on any atom is -0.449 e. The Balaban J connectivity index is 1.67. The van der Waals surface area contributed by atoms with Crippen molar-refractivity contribution >= 4 is 35.0 Å². The van der Waals surface area contributed by atoms with E-state index in [0.717, 1.165) is 23.4 Å².